The number of rotatable bonds is 6. The molecular formula is C17H32BrNO3. The van der Waals surface area contributed by atoms with E-state index in [0.717, 1.165) is 37.7 Å². The first-order valence-electron chi connectivity index (χ1n) is 8.35. The van der Waals surface area contributed by atoms with Gasteiger partial charge in [-0.25, -0.2) is 4.79 Å². The Morgan fingerprint density at radius 1 is 1.36 bits per heavy atom. The zero-order valence-corrected chi connectivity index (χ0v) is 16.4. The Morgan fingerprint density at radius 2 is 2.05 bits per heavy atom. The molecule has 1 atom stereocenters. The molecule has 1 saturated heterocycles. The van der Waals surface area contributed by atoms with E-state index in [1.165, 1.54) is 6.42 Å². The van der Waals surface area contributed by atoms with E-state index in [2.05, 4.69) is 29.8 Å². The molecular weight excluding hydrogens is 346 g/mol. The zero-order valence-electron chi connectivity index (χ0n) is 14.8. The number of hydrogen-bond acceptors (Lipinski definition) is 3. The molecule has 22 heavy (non-hydrogen) atoms. The highest BCUT2D eigenvalue weighted by molar-refractivity contribution is 9.09. The van der Waals surface area contributed by atoms with Crippen molar-refractivity contribution in [3.63, 3.8) is 0 Å². The molecule has 5 heteroatoms. The second-order valence-corrected chi connectivity index (χ2v) is 8.27. The summed E-state index contributed by atoms with van der Waals surface area (Å²) in [6.07, 6.45) is 3.95. The summed E-state index contributed by atoms with van der Waals surface area (Å²) in [4.78, 5) is 14.1. The maximum Gasteiger partial charge on any atom is 0.410 e. The minimum Gasteiger partial charge on any atom is -0.444 e. The normalized spacial score (nSPS) is 23.0. The van der Waals surface area contributed by atoms with Crippen molar-refractivity contribution < 1.29 is 14.3 Å². The molecule has 0 N–H and O–H groups in total. The standard InChI is InChI=1S/C17H32BrNO3/c1-14(2)8-6-11-21-17(12-18)9-7-10-19(13-17)15(20)22-16(3,4)5/h14H,6-13H2,1-5H3. The van der Waals surface area contributed by atoms with Crippen LogP contribution in [0.4, 0.5) is 4.79 Å². The summed E-state index contributed by atoms with van der Waals surface area (Å²) in [5.41, 5.74) is -0.726. The van der Waals surface area contributed by atoms with Crippen LogP contribution in [0.25, 0.3) is 0 Å². The molecule has 130 valence electrons. The minimum absolute atomic E-state index is 0.233. The molecule has 1 amide bonds. The maximum atomic E-state index is 12.3. The average molecular weight is 378 g/mol. The van der Waals surface area contributed by atoms with Crippen LogP contribution >= 0.6 is 15.9 Å². The van der Waals surface area contributed by atoms with Gasteiger partial charge in [-0.1, -0.05) is 29.8 Å². The Hall–Kier alpha value is -0.290. The van der Waals surface area contributed by atoms with Gasteiger partial charge in [0.05, 0.1) is 12.1 Å². The predicted molar refractivity (Wildman–Crippen MR) is 93.6 cm³/mol. The fourth-order valence-corrected chi connectivity index (χ4v) is 3.25. The monoisotopic (exact) mass is 377 g/mol. The molecule has 1 rings (SSSR count). The van der Waals surface area contributed by atoms with E-state index in [9.17, 15) is 4.79 Å². The fraction of sp³-hybridized carbons (Fsp3) is 0.941. The van der Waals surface area contributed by atoms with Crippen molar-refractivity contribution in [3.05, 3.63) is 0 Å². The Morgan fingerprint density at radius 3 is 2.59 bits per heavy atom. The third-order valence-corrected chi connectivity index (χ3v) is 4.79. The number of carbonyl (C=O) groups is 1. The third kappa shape index (κ3) is 6.86. The van der Waals surface area contributed by atoms with Crippen LogP contribution in [0.2, 0.25) is 0 Å². The molecule has 1 aliphatic rings. The van der Waals surface area contributed by atoms with Gasteiger partial charge in [-0.05, 0) is 52.4 Å². The molecule has 0 bridgehead atoms. The van der Waals surface area contributed by atoms with Crippen molar-refractivity contribution in [1.29, 1.82) is 0 Å². The Kier molecular flexibility index (Phi) is 7.66. The van der Waals surface area contributed by atoms with Crippen LogP contribution < -0.4 is 0 Å². The van der Waals surface area contributed by atoms with Crippen molar-refractivity contribution in [2.45, 2.75) is 71.5 Å². The van der Waals surface area contributed by atoms with Gasteiger partial charge < -0.3 is 14.4 Å². The van der Waals surface area contributed by atoms with Crippen LogP contribution in [-0.2, 0) is 9.47 Å². The smallest absolute Gasteiger partial charge is 0.410 e. The lowest BCUT2D eigenvalue weighted by molar-refractivity contribution is -0.0772. The Balaban J connectivity index is 2.55. The summed E-state index contributed by atoms with van der Waals surface area (Å²) in [5, 5.41) is 0.751. The highest BCUT2D eigenvalue weighted by Gasteiger charge is 2.38. The van der Waals surface area contributed by atoms with Crippen LogP contribution in [0.3, 0.4) is 0 Å². The Labute approximate surface area is 144 Å². The van der Waals surface area contributed by atoms with Crippen LogP contribution in [0, 0.1) is 5.92 Å². The third-order valence-electron chi connectivity index (χ3n) is 3.77. The summed E-state index contributed by atoms with van der Waals surface area (Å²) in [6.45, 7) is 12.3. The van der Waals surface area contributed by atoms with Gasteiger partial charge in [0, 0.05) is 18.5 Å². The fourth-order valence-electron chi connectivity index (χ4n) is 2.63. The number of ether oxygens (including phenoxy) is 2. The average Bonchev–Trinajstić information content (AvgIpc) is 2.42. The molecule has 0 aromatic rings. The predicted octanol–water partition coefficient (Wildman–Crippen LogP) is 4.60. The van der Waals surface area contributed by atoms with Crippen molar-refractivity contribution in [3.8, 4) is 0 Å². The molecule has 0 radical (unpaired) electrons. The molecule has 1 heterocycles. The quantitative estimate of drug-likeness (QED) is 0.501. The van der Waals surface area contributed by atoms with Gasteiger partial charge in [0.1, 0.15) is 5.60 Å². The second kappa shape index (κ2) is 8.53. The van der Waals surface area contributed by atoms with E-state index in [1.807, 2.05) is 20.8 Å². The lowest BCUT2D eigenvalue weighted by Gasteiger charge is -2.42. The van der Waals surface area contributed by atoms with Gasteiger partial charge in [0.15, 0.2) is 0 Å². The number of carbonyl (C=O) groups excluding carboxylic acids is 1. The lowest BCUT2D eigenvalue weighted by Crippen LogP contribution is -2.54. The second-order valence-electron chi connectivity index (χ2n) is 7.71. The summed E-state index contributed by atoms with van der Waals surface area (Å²) in [5.74, 6) is 0.702. The van der Waals surface area contributed by atoms with Crippen molar-refractivity contribution in [1.82, 2.24) is 4.90 Å². The first kappa shape index (κ1) is 19.8. The number of hydrogen-bond donors (Lipinski definition) is 0. The zero-order chi connectivity index (χ0) is 16.8. The molecule has 0 spiro atoms. The molecule has 1 fully saturated rings. The largest absolute Gasteiger partial charge is 0.444 e. The van der Waals surface area contributed by atoms with E-state index in [-0.39, 0.29) is 11.7 Å². The van der Waals surface area contributed by atoms with E-state index in [0.29, 0.717) is 12.5 Å². The number of nitrogens with zero attached hydrogens (tertiary/aromatic N) is 1. The van der Waals surface area contributed by atoms with Gasteiger partial charge in [0.25, 0.3) is 0 Å². The molecule has 0 aliphatic carbocycles. The summed E-state index contributed by atoms with van der Waals surface area (Å²) in [7, 11) is 0. The number of halogens is 1. The lowest BCUT2D eigenvalue weighted by atomic mass is 9.94. The van der Waals surface area contributed by atoms with Crippen LogP contribution in [-0.4, -0.2) is 47.2 Å². The Bertz CT molecular complexity index is 354. The first-order chi connectivity index (χ1) is 10.2. The maximum absolute atomic E-state index is 12.3. The van der Waals surface area contributed by atoms with Gasteiger partial charge in [-0.3, -0.25) is 0 Å². The van der Waals surface area contributed by atoms with Gasteiger partial charge in [-0.2, -0.15) is 0 Å². The van der Waals surface area contributed by atoms with E-state index in [4.69, 9.17) is 9.47 Å². The highest BCUT2D eigenvalue weighted by Crippen LogP contribution is 2.29. The summed E-state index contributed by atoms with van der Waals surface area (Å²) in [6, 6.07) is 0. The summed E-state index contributed by atoms with van der Waals surface area (Å²) >= 11 is 3.58. The van der Waals surface area contributed by atoms with E-state index in [1.54, 1.807) is 4.90 Å². The van der Waals surface area contributed by atoms with E-state index < -0.39 is 5.60 Å². The van der Waals surface area contributed by atoms with Crippen LogP contribution in [0.15, 0.2) is 0 Å². The SMILES string of the molecule is CC(C)CCCOC1(CBr)CCCN(C(=O)OC(C)(C)C)C1. The molecule has 0 saturated carbocycles. The number of likely N-dealkylation sites (tertiary alicyclic amines) is 1. The molecule has 0 aromatic heterocycles. The van der Waals surface area contributed by atoms with Crippen LogP contribution in [0.5, 0.6) is 0 Å². The van der Waals surface area contributed by atoms with Gasteiger partial charge in [-0.15, -0.1) is 0 Å². The minimum atomic E-state index is -0.455. The molecule has 1 unspecified atom stereocenters. The summed E-state index contributed by atoms with van der Waals surface area (Å²) < 4.78 is 11.7. The molecule has 1 aliphatic heterocycles. The first-order valence-corrected chi connectivity index (χ1v) is 9.47. The number of amides is 1. The van der Waals surface area contributed by atoms with Gasteiger partial charge in [0.2, 0.25) is 0 Å². The van der Waals surface area contributed by atoms with Crippen molar-refractivity contribution in [2.75, 3.05) is 25.0 Å². The number of alkyl halides is 1. The number of piperidine rings is 1. The topological polar surface area (TPSA) is 38.8 Å². The van der Waals surface area contributed by atoms with Gasteiger partial charge >= 0.3 is 6.09 Å². The van der Waals surface area contributed by atoms with Crippen molar-refractivity contribution in [2.24, 2.45) is 5.92 Å². The van der Waals surface area contributed by atoms with Crippen LogP contribution in [0.1, 0.15) is 60.3 Å². The molecule has 0 aromatic carbocycles. The van der Waals surface area contributed by atoms with E-state index >= 15 is 0 Å². The van der Waals surface area contributed by atoms with Crippen molar-refractivity contribution >= 4 is 22.0 Å². The molecule has 4 nitrogen and oxygen atoms in total. The highest BCUT2D eigenvalue weighted by atomic mass is 79.9.